The second-order valence-electron chi connectivity index (χ2n) is 5.68. The van der Waals surface area contributed by atoms with Crippen LogP contribution in [0.1, 0.15) is 12.5 Å². The van der Waals surface area contributed by atoms with Crippen LogP contribution < -0.4 is 9.46 Å². The predicted molar refractivity (Wildman–Crippen MR) is 99.1 cm³/mol. The number of pyridine rings is 1. The van der Waals surface area contributed by atoms with Crippen molar-refractivity contribution in [3.8, 4) is 28.9 Å². The lowest BCUT2D eigenvalue weighted by atomic mass is 10.1. The SMILES string of the molecule is COc1c(-c2ccc(C#N)cc2)cnn1-c1ccc(S(=O)(=O)NC(C)=O)cn1. The van der Waals surface area contributed by atoms with Crippen molar-refractivity contribution in [1.29, 1.82) is 5.26 Å². The third-order valence-corrected chi connectivity index (χ3v) is 5.19. The molecule has 0 bridgehead atoms. The van der Waals surface area contributed by atoms with Crippen LogP contribution in [0.25, 0.3) is 16.9 Å². The predicted octanol–water partition coefficient (Wildman–Crippen LogP) is 1.64. The highest BCUT2D eigenvalue weighted by Gasteiger charge is 2.19. The largest absolute Gasteiger partial charge is 0.480 e. The number of sulfonamides is 1. The quantitative estimate of drug-likeness (QED) is 0.693. The Balaban J connectivity index is 1.97. The number of hydrogen-bond acceptors (Lipinski definition) is 7. The van der Waals surface area contributed by atoms with Gasteiger partial charge in [0.15, 0.2) is 5.82 Å². The Labute approximate surface area is 161 Å². The van der Waals surface area contributed by atoms with E-state index in [9.17, 15) is 13.2 Å². The molecule has 9 nitrogen and oxygen atoms in total. The lowest BCUT2D eigenvalue weighted by Crippen LogP contribution is -2.28. The molecule has 28 heavy (non-hydrogen) atoms. The minimum absolute atomic E-state index is 0.148. The van der Waals surface area contributed by atoms with Gasteiger partial charge in [-0.2, -0.15) is 15.0 Å². The van der Waals surface area contributed by atoms with Crippen molar-refractivity contribution in [2.75, 3.05) is 7.11 Å². The van der Waals surface area contributed by atoms with E-state index in [1.54, 1.807) is 30.5 Å². The Morgan fingerprint density at radius 3 is 2.43 bits per heavy atom. The Bertz CT molecular complexity index is 1160. The van der Waals surface area contributed by atoms with Crippen LogP contribution in [0, 0.1) is 11.3 Å². The summed E-state index contributed by atoms with van der Waals surface area (Å²) in [5, 5.41) is 13.2. The number of ether oxygens (including phenoxy) is 1. The summed E-state index contributed by atoms with van der Waals surface area (Å²) in [6, 6.07) is 11.8. The smallest absolute Gasteiger partial charge is 0.265 e. The fourth-order valence-electron chi connectivity index (χ4n) is 2.52. The third-order valence-electron chi connectivity index (χ3n) is 3.77. The van der Waals surface area contributed by atoms with E-state index in [1.807, 2.05) is 4.72 Å². The van der Waals surface area contributed by atoms with Gasteiger partial charge >= 0.3 is 0 Å². The molecule has 0 fully saturated rings. The molecule has 0 saturated heterocycles. The number of nitriles is 1. The third kappa shape index (κ3) is 3.70. The summed E-state index contributed by atoms with van der Waals surface area (Å²) in [5.41, 5.74) is 2.02. The molecule has 0 aliphatic carbocycles. The van der Waals surface area contributed by atoms with Crippen molar-refractivity contribution in [3.05, 3.63) is 54.4 Å². The first-order valence-electron chi connectivity index (χ1n) is 7.98. The van der Waals surface area contributed by atoms with Gasteiger partial charge in [0, 0.05) is 13.1 Å². The number of rotatable bonds is 5. The summed E-state index contributed by atoms with van der Waals surface area (Å²) < 4.78 is 32.8. The van der Waals surface area contributed by atoms with Crippen molar-refractivity contribution in [2.24, 2.45) is 0 Å². The second-order valence-corrected chi connectivity index (χ2v) is 7.36. The normalized spacial score (nSPS) is 10.9. The molecule has 2 aromatic heterocycles. The summed E-state index contributed by atoms with van der Waals surface area (Å²) in [5.74, 6) is 0.0399. The monoisotopic (exact) mass is 397 g/mol. The molecule has 1 amide bonds. The van der Waals surface area contributed by atoms with Gasteiger partial charge in [0.25, 0.3) is 10.0 Å². The molecule has 3 aromatic rings. The Hall–Kier alpha value is -3.71. The molecule has 2 heterocycles. The fourth-order valence-corrected chi connectivity index (χ4v) is 3.46. The molecule has 0 saturated carbocycles. The maximum Gasteiger partial charge on any atom is 0.265 e. The average Bonchev–Trinajstić information content (AvgIpc) is 3.11. The van der Waals surface area contributed by atoms with Crippen molar-refractivity contribution >= 4 is 15.9 Å². The summed E-state index contributed by atoms with van der Waals surface area (Å²) >= 11 is 0. The number of nitrogens with zero attached hydrogens (tertiary/aromatic N) is 4. The summed E-state index contributed by atoms with van der Waals surface area (Å²) in [7, 11) is -2.49. The molecule has 0 radical (unpaired) electrons. The van der Waals surface area contributed by atoms with Crippen LogP contribution in [0.4, 0.5) is 0 Å². The van der Waals surface area contributed by atoms with Crippen molar-refractivity contribution in [1.82, 2.24) is 19.5 Å². The fraction of sp³-hybridized carbons (Fsp3) is 0.111. The zero-order chi connectivity index (χ0) is 20.3. The molecule has 0 unspecified atom stereocenters. The lowest BCUT2D eigenvalue weighted by Gasteiger charge is -2.09. The highest BCUT2D eigenvalue weighted by molar-refractivity contribution is 7.90. The van der Waals surface area contributed by atoms with Crippen LogP contribution >= 0.6 is 0 Å². The van der Waals surface area contributed by atoms with Gasteiger partial charge in [-0.3, -0.25) is 4.79 Å². The van der Waals surface area contributed by atoms with Crippen molar-refractivity contribution in [3.63, 3.8) is 0 Å². The minimum Gasteiger partial charge on any atom is -0.480 e. The average molecular weight is 397 g/mol. The molecular weight excluding hydrogens is 382 g/mol. The molecule has 142 valence electrons. The van der Waals surface area contributed by atoms with E-state index in [1.165, 1.54) is 23.9 Å². The van der Waals surface area contributed by atoms with Gasteiger partial charge in [-0.1, -0.05) is 12.1 Å². The van der Waals surface area contributed by atoms with Gasteiger partial charge < -0.3 is 4.74 Å². The standard InChI is InChI=1S/C18H15N5O4S/c1-12(24)22-28(25,26)15-7-8-17(20-10-15)23-18(27-2)16(11-21-23)14-5-3-13(9-19)4-6-14/h3-8,10-11H,1-2H3,(H,22,24). The van der Waals surface area contributed by atoms with Gasteiger partial charge in [0.2, 0.25) is 11.8 Å². The first-order chi connectivity index (χ1) is 13.4. The molecule has 0 spiro atoms. The molecule has 0 atom stereocenters. The van der Waals surface area contributed by atoms with Gasteiger partial charge in [-0.15, -0.1) is 0 Å². The van der Waals surface area contributed by atoms with E-state index < -0.39 is 15.9 Å². The van der Waals surface area contributed by atoms with Gasteiger partial charge in [0.05, 0.1) is 30.5 Å². The highest BCUT2D eigenvalue weighted by atomic mass is 32.2. The van der Waals surface area contributed by atoms with Gasteiger partial charge in [0.1, 0.15) is 4.90 Å². The van der Waals surface area contributed by atoms with Gasteiger partial charge in [-0.25, -0.2) is 18.1 Å². The molecular formula is C18H15N5O4S. The summed E-state index contributed by atoms with van der Waals surface area (Å²) in [6.07, 6.45) is 2.72. The van der Waals surface area contributed by atoms with Crippen LogP contribution in [0.15, 0.2) is 53.7 Å². The number of aromatic nitrogens is 3. The molecule has 10 heteroatoms. The molecule has 1 aromatic carbocycles. The van der Waals surface area contributed by atoms with Crippen LogP contribution in [0.3, 0.4) is 0 Å². The van der Waals surface area contributed by atoms with Crippen LogP contribution in [-0.4, -0.2) is 36.2 Å². The van der Waals surface area contributed by atoms with E-state index >= 15 is 0 Å². The number of methoxy groups -OCH3 is 1. The first kappa shape index (κ1) is 19.1. The van der Waals surface area contributed by atoms with Crippen LogP contribution in [0.5, 0.6) is 5.88 Å². The maximum atomic E-state index is 12.0. The maximum absolute atomic E-state index is 12.0. The van der Waals surface area contributed by atoms with Gasteiger partial charge in [-0.05, 0) is 29.8 Å². The number of carbonyl (C=O) groups excluding carboxylic acids is 1. The Kier molecular flexibility index (Phi) is 5.10. The molecule has 3 rings (SSSR count). The highest BCUT2D eigenvalue weighted by Crippen LogP contribution is 2.31. The second kappa shape index (κ2) is 7.50. The first-order valence-corrected chi connectivity index (χ1v) is 9.46. The number of amides is 1. The van der Waals surface area contributed by atoms with Crippen molar-refractivity contribution in [2.45, 2.75) is 11.8 Å². The van der Waals surface area contributed by atoms with Crippen LogP contribution in [-0.2, 0) is 14.8 Å². The number of nitrogens with one attached hydrogen (secondary N) is 1. The van der Waals surface area contributed by atoms with E-state index in [0.29, 0.717) is 22.8 Å². The lowest BCUT2D eigenvalue weighted by molar-refractivity contribution is -0.117. The van der Waals surface area contributed by atoms with Crippen molar-refractivity contribution < 1.29 is 17.9 Å². The Morgan fingerprint density at radius 1 is 1.18 bits per heavy atom. The zero-order valence-electron chi connectivity index (χ0n) is 14.9. The number of benzene rings is 1. The topological polar surface area (TPSA) is 127 Å². The summed E-state index contributed by atoms with van der Waals surface area (Å²) in [6.45, 7) is 1.11. The Morgan fingerprint density at radius 2 is 1.89 bits per heavy atom. The molecule has 0 aliphatic rings. The van der Waals surface area contributed by atoms with E-state index in [2.05, 4.69) is 16.2 Å². The molecule has 0 aliphatic heterocycles. The van der Waals surface area contributed by atoms with Crippen LogP contribution in [0.2, 0.25) is 0 Å². The summed E-state index contributed by atoms with van der Waals surface area (Å²) in [4.78, 5) is 15.0. The number of hydrogen-bond donors (Lipinski definition) is 1. The molecule has 1 N–H and O–H groups in total. The zero-order valence-corrected chi connectivity index (χ0v) is 15.8. The van der Waals surface area contributed by atoms with E-state index in [-0.39, 0.29) is 4.90 Å². The van der Waals surface area contributed by atoms with E-state index in [4.69, 9.17) is 10.00 Å². The number of carbonyl (C=O) groups is 1. The minimum atomic E-state index is -3.97. The van der Waals surface area contributed by atoms with E-state index in [0.717, 1.165) is 18.7 Å².